The largest absolute Gasteiger partial charge is 0.484 e. The van der Waals surface area contributed by atoms with E-state index in [0.29, 0.717) is 36.7 Å². The minimum absolute atomic E-state index is 0.0180. The third-order valence-electron chi connectivity index (χ3n) is 3.54. The van der Waals surface area contributed by atoms with Gasteiger partial charge in [0.05, 0.1) is 0 Å². The summed E-state index contributed by atoms with van der Waals surface area (Å²) in [6.07, 6.45) is 1.33. The quantitative estimate of drug-likeness (QED) is 0.800. The zero-order valence-corrected chi connectivity index (χ0v) is 14.6. The Hall–Kier alpha value is -1.17. The van der Waals surface area contributed by atoms with Crippen LogP contribution in [0.2, 0.25) is 5.02 Å². The van der Waals surface area contributed by atoms with Crippen LogP contribution < -0.4 is 10.1 Å². The molecule has 1 aromatic carbocycles. The minimum atomic E-state index is -1.03. The molecule has 0 atom stereocenters. The summed E-state index contributed by atoms with van der Waals surface area (Å²) < 4.78 is 5.39. The lowest BCUT2D eigenvalue weighted by atomic mass is 10.1. The molecule has 126 valence electrons. The molecule has 0 radical (unpaired) electrons. The van der Waals surface area contributed by atoms with Gasteiger partial charge in [-0.15, -0.1) is 0 Å². The van der Waals surface area contributed by atoms with Crippen LogP contribution in [0.15, 0.2) is 24.3 Å². The predicted molar refractivity (Wildman–Crippen MR) is 90.2 cm³/mol. The van der Waals surface area contributed by atoms with Crippen LogP contribution in [0.25, 0.3) is 0 Å². The Kier molecular flexibility index (Phi) is 6.81. The summed E-state index contributed by atoms with van der Waals surface area (Å²) in [6, 6.07) is 6.82. The van der Waals surface area contributed by atoms with Crippen LogP contribution in [0.5, 0.6) is 5.75 Å². The van der Waals surface area contributed by atoms with Gasteiger partial charge in [0, 0.05) is 24.2 Å². The number of carbonyl (C=O) groups excluding carboxylic acids is 2. The van der Waals surface area contributed by atoms with Crippen LogP contribution in [0.1, 0.15) is 12.8 Å². The molecule has 0 bridgehead atoms. The molecule has 1 saturated heterocycles. The molecule has 1 aliphatic heterocycles. The molecular weight excluding hydrogens is 363 g/mol. The van der Waals surface area contributed by atoms with Crippen LogP contribution in [0.3, 0.4) is 0 Å². The number of likely N-dealkylation sites (tertiary alicyclic amines) is 1. The van der Waals surface area contributed by atoms with Crippen molar-refractivity contribution in [1.29, 1.82) is 0 Å². The van der Waals surface area contributed by atoms with Crippen LogP contribution in [0, 0.1) is 0 Å². The van der Waals surface area contributed by atoms with Crippen molar-refractivity contribution >= 4 is 46.6 Å². The molecule has 8 heteroatoms. The number of carbonyl (C=O) groups is 2. The zero-order valence-electron chi connectivity index (χ0n) is 12.3. The molecular formula is C15H17Cl3N2O3. The Labute approximate surface area is 149 Å². The van der Waals surface area contributed by atoms with Gasteiger partial charge in [0.1, 0.15) is 5.75 Å². The average Bonchev–Trinajstić information content (AvgIpc) is 2.54. The topological polar surface area (TPSA) is 58.6 Å². The van der Waals surface area contributed by atoms with Crippen molar-refractivity contribution in [2.45, 2.75) is 23.7 Å². The van der Waals surface area contributed by atoms with Gasteiger partial charge in [0.2, 0.25) is 0 Å². The molecule has 0 spiro atoms. The fourth-order valence-corrected chi connectivity index (χ4v) is 2.73. The Balaban J connectivity index is 1.70. The molecule has 1 aromatic rings. The normalized spacial score (nSPS) is 15.6. The second-order valence-corrected chi connectivity index (χ2v) is 6.74. The fraction of sp³-hybridized carbons (Fsp3) is 0.467. The van der Waals surface area contributed by atoms with Crippen molar-refractivity contribution in [3.63, 3.8) is 0 Å². The highest BCUT2D eigenvalue weighted by Gasteiger charge is 2.26. The van der Waals surface area contributed by atoms with E-state index < -0.39 is 4.84 Å². The number of rotatable bonds is 5. The standard InChI is InChI=1S/C15H17Cl3N2O3/c16-10-1-3-12(4-2-10)23-9-13(21)19-11-5-7-20(8-6-11)15(22)14(17)18/h1-4,11,14H,5-9H2,(H,19,21). The van der Waals surface area contributed by atoms with E-state index in [-0.39, 0.29) is 24.5 Å². The van der Waals surface area contributed by atoms with Crippen LogP contribution in [-0.2, 0) is 9.59 Å². The van der Waals surface area contributed by atoms with Gasteiger partial charge in [0.15, 0.2) is 11.4 Å². The molecule has 0 saturated carbocycles. The predicted octanol–water partition coefficient (Wildman–Crippen LogP) is 2.63. The van der Waals surface area contributed by atoms with E-state index in [4.69, 9.17) is 39.5 Å². The summed E-state index contributed by atoms with van der Waals surface area (Å²) in [5, 5.41) is 3.51. The fourth-order valence-electron chi connectivity index (χ4n) is 2.33. The number of piperidine rings is 1. The third kappa shape index (κ3) is 5.75. The second-order valence-electron chi connectivity index (χ2n) is 5.21. The highest BCUT2D eigenvalue weighted by atomic mass is 35.5. The van der Waals surface area contributed by atoms with Crippen LogP contribution in [0.4, 0.5) is 0 Å². The molecule has 1 aliphatic rings. The van der Waals surface area contributed by atoms with Crippen molar-refractivity contribution in [3.05, 3.63) is 29.3 Å². The lowest BCUT2D eigenvalue weighted by Gasteiger charge is -2.32. The summed E-state index contributed by atoms with van der Waals surface area (Å²) in [7, 11) is 0. The first-order valence-corrected chi connectivity index (χ1v) is 8.45. The van der Waals surface area contributed by atoms with Gasteiger partial charge in [-0.1, -0.05) is 34.8 Å². The number of ether oxygens (including phenoxy) is 1. The number of nitrogens with one attached hydrogen (secondary N) is 1. The van der Waals surface area contributed by atoms with E-state index >= 15 is 0 Å². The molecule has 1 fully saturated rings. The van der Waals surface area contributed by atoms with Crippen molar-refractivity contribution in [1.82, 2.24) is 10.2 Å². The average molecular weight is 380 g/mol. The van der Waals surface area contributed by atoms with Crippen molar-refractivity contribution in [3.8, 4) is 5.75 Å². The number of hydrogen-bond donors (Lipinski definition) is 1. The van der Waals surface area contributed by atoms with E-state index in [9.17, 15) is 9.59 Å². The van der Waals surface area contributed by atoms with Crippen LogP contribution >= 0.6 is 34.8 Å². The first kappa shape index (κ1) is 18.2. The number of nitrogens with zero attached hydrogens (tertiary/aromatic N) is 1. The molecule has 2 rings (SSSR count). The highest BCUT2D eigenvalue weighted by molar-refractivity contribution is 6.53. The SMILES string of the molecule is O=C(COc1ccc(Cl)cc1)NC1CCN(C(=O)C(Cl)Cl)CC1. The Bertz CT molecular complexity index is 543. The highest BCUT2D eigenvalue weighted by Crippen LogP contribution is 2.16. The van der Waals surface area contributed by atoms with E-state index in [1.54, 1.807) is 29.2 Å². The van der Waals surface area contributed by atoms with Crippen LogP contribution in [-0.4, -0.2) is 47.3 Å². The maximum atomic E-state index is 11.9. The van der Waals surface area contributed by atoms with Gasteiger partial charge in [-0.2, -0.15) is 0 Å². The van der Waals surface area contributed by atoms with E-state index in [1.807, 2.05) is 0 Å². The summed E-state index contributed by atoms with van der Waals surface area (Å²) in [4.78, 5) is 24.1. The molecule has 5 nitrogen and oxygen atoms in total. The smallest absolute Gasteiger partial charge is 0.258 e. The first-order valence-electron chi connectivity index (χ1n) is 7.20. The van der Waals surface area contributed by atoms with Crippen molar-refractivity contribution in [2.24, 2.45) is 0 Å². The molecule has 0 aromatic heterocycles. The summed E-state index contributed by atoms with van der Waals surface area (Å²) in [6.45, 7) is 0.988. The number of halogens is 3. The van der Waals surface area contributed by atoms with Gasteiger partial charge in [-0.05, 0) is 37.1 Å². The number of alkyl halides is 2. The summed E-state index contributed by atoms with van der Waals surface area (Å²) in [5.74, 6) is 0.0988. The minimum Gasteiger partial charge on any atom is -0.484 e. The molecule has 0 unspecified atom stereocenters. The Morgan fingerprint density at radius 2 is 1.83 bits per heavy atom. The second kappa shape index (κ2) is 8.62. The zero-order chi connectivity index (χ0) is 16.8. The number of amides is 2. The third-order valence-corrected chi connectivity index (χ3v) is 4.17. The molecule has 23 heavy (non-hydrogen) atoms. The van der Waals surface area contributed by atoms with Crippen molar-refractivity contribution in [2.75, 3.05) is 19.7 Å². The number of benzene rings is 1. The monoisotopic (exact) mass is 378 g/mol. The van der Waals surface area contributed by atoms with Crippen molar-refractivity contribution < 1.29 is 14.3 Å². The van der Waals surface area contributed by atoms with E-state index in [0.717, 1.165) is 0 Å². The maximum Gasteiger partial charge on any atom is 0.258 e. The lowest BCUT2D eigenvalue weighted by Crippen LogP contribution is -2.48. The van der Waals surface area contributed by atoms with Gasteiger partial charge < -0.3 is 15.0 Å². The van der Waals surface area contributed by atoms with Gasteiger partial charge >= 0.3 is 0 Å². The summed E-state index contributed by atoms with van der Waals surface area (Å²) >= 11 is 16.9. The molecule has 0 aliphatic carbocycles. The van der Waals surface area contributed by atoms with Gasteiger partial charge in [-0.25, -0.2) is 0 Å². The van der Waals surface area contributed by atoms with Gasteiger partial charge in [0.25, 0.3) is 11.8 Å². The Morgan fingerprint density at radius 1 is 1.22 bits per heavy atom. The lowest BCUT2D eigenvalue weighted by molar-refractivity contribution is -0.130. The maximum absolute atomic E-state index is 11.9. The van der Waals surface area contributed by atoms with E-state index in [1.165, 1.54) is 0 Å². The first-order chi connectivity index (χ1) is 11.0. The Morgan fingerprint density at radius 3 is 2.39 bits per heavy atom. The molecule has 1 N–H and O–H groups in total. The van der Waals surface area contributed by atoms with Gasteiger partial charge in [-0.3, -0.25) is 9.59 Å². The summed E-state index contributed by atoms with van der Waals surface area (Å²) in [5.41, 5.74) is 0. The van der Waals surface area contributed by atoms with E-state index in [2.05, 4.69) is 5.32 Å². The molecule has 1 heterocycles. The molecule has 2 amide bonds. The number of hydrogen-bond acceptors (Lipinski definition) is 3.